The summed E-state index contributed by atoms with van der Waals surface area (Å²) in [6.07, 6.45) is 1.25. The molecule has 0 aliphatic carbocycles. The lowest BCUT2D eigenvalue weighted by Crippen LogP contribution is -2.47. The number of esters is 1. The second-order valence-electron chi connectivity index (χ2n) is 5.88. The number of hydrogen-bond acceptors (Lipinski definition) is 6. The molecule has 1 saturated heterocycles. The summed E-state index contributed by atoms with van der Waals surface area (Å²) in [5.41, 5.74) is 7.21. The monoisotopic (exact) mass is 306 g/mol. The average Bonchev–Trinajstić information content (AvgIpc) is 2.53. The fraction of sp³-hybridized carbons (Fsp3) is 0.562. The molecular weight excluding hydrogens is 284 g/mol. The molecular formula is C16H22N2O4. The Labute approximate surface area is 130 Å². The van der Waals surface area contributed by atoms with Crippen LogP contribution < -0.4 is 20.1 Å². The zero-order valence-electron chi connectivity index (χ0n) is 12.8. The molecule has 2 N–H and O–H groups in total. The molecule has 0 bridgehead atoms. The summed E-state index contributed by atoms with van der Waals surface area (Å²) in [5.74, 6) is 1.58. The highest BCUT2D eigenvalue weighted by atomic mass is 16.6. The average molecular weight is 306 g/mol. The number of carbonyl (C=O) groups is 1. The van der Waals surface area contributed by atoms with Gasteiger partial charge in [-0.25, -0.2) is 0 Å². The maximum atomic E-state index is 11.5. The number of rotatable bonds is 3. The Bertz CT molecular complexity index is 549. The number of methoxy groups -OCH3 is 1. The van der Waals surface area contributed by atoms with Crippen LogP contribution in [-0.4, -0.2) is 45.4 Å². The largest absolute Gasteiger partial charge is 0.486 e. The molecule has 0 radical (unpaired) electrons. The third-order valence-electron chi connectivity index (χ3n) is 4.14. The summed E-state index contributed by atoms with van der Waals surface area (Å²) in [7, 11) is 1.42. The highest BCUT2D eigenvalue weighted by Crippen LogP contribution is 2.35. The molecule has 2 heterocycles. The summed E-state index contributed by atoms with van der Waals surface area (Å²) < 4.78 is 15.9. The number of benzene rings is 1. The molecule has 6 nitrogen and oxygen atoms in total. The number of hydrogen-bond donors (Lipinski definition) is 1. The van der Waals surface area contributed by atoms with Crippen LogP contribution >= 0.6 is 0 Å². The van der Waals surface area contributed by atoms with Crippen LogP contribution in [0, 0.1) is 5.92 Å². The number of carbonyl (C=O) groups excluding carboxylic acids is 1. The van der Waals surface area contributed by atoms with Gasteiger partial charge in [0.25, 0.3) is 0 Å². The zero-order chi connectivity index (χ0) is 15.5. The van der Waals surface area contributed by atoms with E-state index in [-0.39, 0.29) is 17.9 Å². The van der Waals surface area contributed by atoms with Gasteiger partial charge in [0, 0.05) is 30.9 Å². The van der Waals surface area contributed by atoms with Crippen molar-refractivity contribution in [3.63, 3.8) is 0 Å². The Hall–Kier alpha value is -1.95. The topological polar surface area (TPSA) is 74.0 Å². The van der Waals surface area contributed by atoms with Gasteiger partial charge in [-0.3, -0.25) is 4.79 Å². The van der Waals surface area contributed by atoms with E-state index in [2.05, 4.69) is 4.90 Å². The molecule has 1 aromatic rings. The van der Waals surface area contributed by atoms with Crippen LogP contribution in [0.25, 0.3) is 0 Å². The van der Waals surface area contributed by atoms with E-state index in [9.17, 15) is 4.79 Å². The van der Waals surface area contributed by atoms with E-state index >= 15 is 0 Å². The zero-order valence-corrected chi connectivity index (χ0v) is 12.8. The van der Waals surface area contributed by atoms with Gasteiger partial charge < -0.3 is 24.8 Å². The molecule has 0 spiro atoms. The van der Waals surface area contributed by atoms with Crippen LogP contribution in [0.3, 0.4) is 0 Å². The Balaban J connectivity index is 1.74. The van der Waals surface area contributed by atoms with Gasteiger partial charge >= 0.3 is 5.97 Å². The van der Waals surface area contributed by atoms with Crippen molar-refractivity contribution >= 4 is 11.7 Å². The van der Waals surface area contributed by atoms with Crippen molar-refractivity contribution in [2.45, 2.75) is 18.9 Å². The fourth-order valence-electron chi connectivity index (χ4n) is 3.15. The number of piperidine rings is 1. The van der Waals surface area contributed by atoms with Gasteiger partial charge in [-0.05, 0) is 24.5 Å². The second-order valence-corrected chi connectivity index (χ2v) is 5.88. The van der Waals surface area contributed by atoms with E-state index in [1.54, 1.807) is 0 Å². The summed E-state index contributed by atoms with van der Waals surface area (Å²) >= 11 is 0. The van der Waals surface area contributed by atoms with Crippen LogP contribution in [0.5, 0.6) is 11.5 Å². The van der Waals surface area contributed by atoms with Gasteiger partial charge in [0.05, 0.1) is 13.5 Å². The highest BCUT2D eigenvalue weighted by Gasteiger charge is 2.28. The third kappa shape index (κ3) is 3.27. The first-order valence-electron chi connectivity index (χ1n) is 7.62. The molecule has 0 amide bonds. The molecule has 2 aliphatic heterocycles. The van der Waals surface area contributed by atoms with Crippen molar-refractivity contribution in [3.8, 4) is 11.5 Å². The molecule has 0 aromatic heterocycles. The summed E-state index contributed by atoms with van der Waals surface area (Å²) in [6.45, 7) is 2.73. The minimum absolute atomic E-state index is 0.0524. The Morgan fingerprint density at radius 2 is 2.09 bits per heavy atom. The van der Waals surface area contributed by atoms with Gasteiger partial charge in [-0.15, -0.1) is 0 Å². The van der Waals surface area contributed by atoms with Crippen molar-refractivity contribution < 1.29 is 19.0 Å². The lowest BCUT2D eigenvalue weighted by Gasteiger charge is -2.37. The van der Waals surface area contributed by atoms with Crippen LogP contribution in [0.4, 0.5) is 5.69 Å². The number of ether oxygens (including phenoxy) is 3. The third-order valence-corrected chi connectivity index (χ3v) is 4.14. The molecule has 6 heteroatoms. The first kappa shape index (κ1) is 15.0. The van der Waals surface area contributed by atoms with E-state index in [0.29, 0.717) is 19.6 Å². The molecule has 2 aliphatic rings. The van der Waals surface area contributed by atoms with Crippen molar-refractivity contribution in [2.75, 3.05) is 38.3 Å². The minimum atomic E-state index is -0.179. The Kier molecular flexibility index (Phi) is 4.38. The maximum absolute atomic E-state index is 11.5. The molecule has 1 aromatic carbocycles. The SMILES string of the molecule is COC(=O)CC1CC(N)CN(c2ccc3c(c2)OCCO3)C1. The normalized spacial score (nSPS) is 24.0. The van der Waals surface area contributed by atoms with Gasteiger partial charge in [0.15, 0.2) is 11.5 Å². The van der Waals surface area contributed by atoms with Gasteiger partial charge in [0.1, 0.15) is 13.2 Å². The quantitative estimate of drug-likeness (QED) is 0.845. The van der Waals surface area contributed by atoms with Crippen LogP contribution in [0.1, 0.15) is 12.8 Å². The molecule has 2 unspecified atom stereocenters. The van der Waals surface area contributed by atoms with Gasteiger partial charge in [-0.2, -0.15) is 0 Å². The van der Waals surface area contributed by atoms with Gasteiger partial charge in [-0.1, -0.05) is 0 Å². The predicted octanol–water partition coefficient (Wildman–Crippen LogP) is 1.17. The summed E-state index contributed by atoms with van der Waals surface area (Å²) in [5, 5.41) is 0. The van der Waals surface area contributed by atoms with Gasteiger partial charge in [0.2, 0.25) is 0 Å². The van der Waals surface area contributed by atoms with E-state index < -0.39 is 0 Å². The molecule has 22 heavy (non-hydrogen) atoms. The van der Waals surface area contributed by atoms with Crippen molar-refractivity contribution in [3.05, 3.63) is 18.2 Å². The lowest BCUT2D eigenvalue weighted by molar-refractivity contribution is -0.141. The van der Waals surface area contributed by atoms with Crippen molar-refractivity contribution in [1.29, 1.82) is 0 Å². The molecule has 0 saturated carbocycles. The number of fused-ring (bicyclic) bond motifs is 1. The van der Waals surface area contributed by atoms with Crippen LogP contribution in [0.15, 0.2) is 18.2 Å². The van der Waals surface area contributed by atoms with Crippen LogP contribution in [0.2, 0.25) is 0 Å². The number of anilines is 1. The minimum Gasteiger partial charge on any atom is -0.486 e. The first-order chi connectivity index (χ1) is 10.7. The molecule has 3 rings (SSSR count). The second kappa shape index (κ2) is 6.44. The summed E-state index contributed by atoms with van der Waals surface area (Å²) in [6, 6.07) is 5.98. The fourth-order valence-corrected chi connectivity index (χ4v) is 3.15. The maximum Gasteiger partial charge on any atom is 0.305 e. The molecule has 120 valence electrons. The lowest BCUT2D eigenvalue weighted by atomic mass is 9.91. The molecule has 2 atom stereocenters. The highest BCUT2D eigenvalue weighted by molar-refractivity contribution is 5.69. The Morgan fingerprint density at radius 3 is 2.86 bits per heavy atom. The van der Waals surface area contributed by atoms with Crippen LogP contribution in [-0.2, 0) is 9.53 Å². The van der Waals surface area contributed by atoms with Crippen molar-refractivity contribution in [1.82, 2.24) is 0 Å². The standard InChI is InChI=1S/C16H22N2O4/c1-20-16(19)7-11-6-12(17)10-18(9-11)13-2-3-14-15(8-13)22-5-4-21-14/h2-3,8,11-12H,4-7,9-10,17H2,1H3. The molecule has 1 fully saturated rings. The van der Waals surface area contributed by atoms with E-state index in [1.807, 2.05) is 18.2 Å². The van der Waals surface area contributed by atoms with E-state index in [1.165, 1.54) is 7.11 Å². The number of nitrogens with two attached hydrogens (primary N) is 1. The number of nitrogens with zero attached hydrogens (tertiary/aromatic N) is 1. The van der Waals surface area contributed by atoms with E-state index in [0.717, 1.165) is 36.7 Å². The summed E-state index contributed by atoms with van der Waals surface area (Å²) in [4.78, 5) is 13.7. The smallest absolute Gasteiger partial charge is 0.305 e. The first-order valence-corrected chi connectivity index (χ1v) is 7.62. The Morgan fingerprint density at radius 1 is 1.32 bits per heavy atom. The predicted molar refractivity (Wildman–Crippen MR) is 82.4 cm³/mol. The van der Waals surface area contributed by atoms with Crippen molar-refractivity contribution in [2.24, 2.45) is 11.7 Å². The van der Waals surface area contributed by atoms with E-state index in [4.69, 9.17) is 19.9 Å².